The largest absolute Gasteiger partial charge is 0.395 e. The highest BCUT2D eigenvalue weighted by Gasteiger charge is 2.34. The number of anilines is 1. The molecule has 1 aliphatic heterocycles. The molecule has 2 heterocycles. The van der Waals surface area contributed by atoms with E-state index < -0.39 is 16.1 Å². The highest BCUT2D eigenvalue weighted by molar-refractivity contribution is 7.89. The van der Waals surface area contributed by atoms with Crippen molar-refractivity contribution in [2.24, 2.45) is 0 Å². The number of morpholine rings is 1. The Balaban J connectivity index is 2.36. The summed E-state index contributed by atoms with van der Waals surface area (Å²) in [6.07, 6.45) is 1.25. The van der Waals surface area contributed by atoms with Crippen LogP contribution in [0.5, 0.6) is 0 Å². The fourth-order valence-electron chi connectivity index (χ4n) is 1.98. The molecule has 2 N–H and O–H groups in total. The minimum Gasteiger partial charge on any atom is -0.395 e. The normalized spacial score (nSPS) is 20.9. The number of halogens is 1. The number of rotatable bonds is 4. The average molecular weight is 322 g/mol. The highest BCUT2D eigenvalue weighted by atomic mass is 35.5. The van der Waals surface area contributed by atoms with Gasteiger partial charge in [-0.2, -0.15) is 4.31 Å². The van der Waals surface area contributed by atoms with Gasteiger partial charge < -0.3 is 15.2 Å². The Hall–Kier alpha value is -0.930. The maximum atomic E-state index is 12.5. The second-order valence-corrected chi connectivity index (χ2v) is 6.58. The molecule has 1 fully saturated rings. The zero-order valence-electron chi connectivity index (χ0n) is 10.9. The lowest BCUT2D eigenvalue weighted by Crippen LogP contribution is -2.50. The van der Waals surface area contributed by atoms with Gasteiger partial charge in [-0.1, -0.05) is 11.6 Å². The molecule has 0 radical (unpaired) electrons. The number of nitrogens with zero attached hydrogens (tertiary/aromatic N) is 2. The molecule has 20 heavy (non-hydrogen) atoms. The minimum atomic E-state index is -3.75. The number of nitrogens with one attached hydrogen (secondary N) is 1. The van der Waals surface area contributed by atoms with Crippen LogP contribution < -0.4 is 5.32 Å². The summed E-state index contributed by atoms with van der Waals surface area (Å²) in [6, 6.07) is 0.760. The second-order valence-electron chi connectivity index (χ2n) is 4.28. The van der Waals surface area contributed by atoms with Crippen molar-refractivity contribution in [3.8, 4) is 0 Å². The van der Waals surface area contributed by atoms with E-state index in [0.717, 1.165) is 0 Å². The number of hydrogen-bond donors (Lipinski definition) is 2. The zero-order valence-corrected chi connectivity index (χ0v) is 12.5. The highest BCUT2D eigenvalue weighted by Crippen LogP contribution is 2.25. The standard InChI is InChI=1S/C11H16ClN3O4S/c1-13-11-10(12)4-9(5-14-11)20(17,18)15-2-3-19-7-8(15)6-16/h4-5,8,16H,2-3,6-7H2,1H3,(H,13,14). The molecular weight excluding hydrogens is 306 g/mol. The first-order valence-electron chi connectivity index (χ1n) is 6.04. The van der Waals surface area contributed by atoms with Crippen molar-refractivity contribution in [1.82, 2.24) is 9.29 Å². The lowest BCUT2D eigenvalue weighted by Gasteiger charge is -2.33. The van der Waals surface area contributed by atoms with Gasteiger partial charge in [-0.05, 0) is 6.07 Å². The number of ether oxygens (including phenoxy) is 1. The van der Waals surface area contributed by atoms with Crippen LogP contribution in [0.25, 0.3) is 0 Å². The molecule has 9 heteroatoms. The minimum absolute atomic E-state index is 0.00171. The molecule has 1 atom stereocenters. The van der Waals surface area contributed by atoms with Gasteiger partial charge in [0.05, 0.1) is 30.9 Å². The third-order valence-electron chi connectivity index (χ3n) is 3.04. The number of aliphatic hydroxyl groups is 1. The van der Waals surface area contributed by atoms with E-state index >= 15 is 0 Å². The lowest BCUT2D eigenvalue weighted by atomic mass is 10.3. The molecule has 2 rings (SSSR count). The quantitative estimate of drug-likeness (QED) is 0.820. The van der Waals surface area contributed by atoms with Gasteiger partial charge in [0, 0.05) is 19.8 Å². The van der Waals surface area contributed by atoms with Crippen LogP contribution in [-0.4, -0.2) is 62.3 Å². The van der Waals surface area contributed by atoms with E-state index in [1.165, 1.54) is 16.6 Å². The van der Waals surface area contributed by atoms with Gasteiger partial charge in [0.15, 0.2) is 0 Å². The number of hydrogen-bond acceptors (Lipinski definition) is 6. The molecule has 0 aliphatic carbocycles. The number of sulfonamides is 1. The molecule has 112 valence electrons. The first-order valence-corrected chi connectivity index (χ1v) is 7.86. The van der Waals surface area contributed by atoms with E-state index in [2.05, 4.69) is 10.3 Å². The van der Waals surface area contributed by atoms with Crippen LogP contribution in [0.3, 0.4) is 0 Å². The molecule has 1 saturated heterocycles. The van der Waals surface area contributed by atoms with Gasteiger partial charge in [0.1, 0.15) is 10.7 Å². The summed E-state index contributed by atoms with van der Waals surface area (Å²) in [4.78, 5) is 3.97. The lowest BCUT2D eigenvalue weighted by molar-refractivity contribution is 0.0109. The van der Waals surface area contributed by atoms with Crippen molar-refractivity contribution in [2.45, 2.75) is 10.9 Å². The van der Waals surface area contributed by atoms with E-state index in [1.54, 1.807) is 7.05 Å². The first-order chi connectivity index (χ1) is 9.50. The maximum Gasteiger partial charge on any atom is 0.245 e. The van der Waals surface area contributed by atoms with Crippen molar-refractivity contribution in [3.05, 3.63) is 17.3 Å². The predicted octanol–water partition coefficient (Wildman–Crippen LogP) is 0.159. The van der Waals surface area contributed by atoms with Gasteiger partial charge >= 0.3 is 0 Å². The predicted molar refractivity (Wildman–Crippen MR) is 74.4 cm³/mol. The Kier molecular flexibility index (Phi) is 4.82. The summed E-state index contributed by atoms with van der Waals surface area (Å²) < 4.78 is 31.5. The monoisotopic (exact) mass is 321 g/mol. The first kappa shape index (κ1) is 15.5. The molecule has 0 aromatic carbocycles. The van der Waals surface area contributed by atoms with Gasteiger partial charge in [-0.25, -0.2) is 13.4 Å². The summed E-state index contributed by atoms with van der Waals surface area (Å²) in [6.45, 7) is 0.366. The van der Waals surface area contributed by atoms with E-state index in [0.29, 0.717) is 12.4 Å². The Morgan fingerprint density at radius 2 is 2.40 bits per heavy atom. The number of aromatic nitrogens is 1. The molecule has 1 aromatic rings. The summed E-state index contributed by atoms with van der Waals surface area (Å²) >= 11 is 5.96. The molecule has 0 amide bonds. The molecule has 1 aromatic heterocycles. The second kappa shape index (κ2) is 6.23. The molecule has 1 aliphatic rings. The van der Waals surface area contributed by atoms with Crippen molar-refractivity contribution in [1.29, 1.82) is 0 Å². The van der Waals surface area contributed by atoms with Crippen LogP contribution in [0, 0.1) is 0 Å². The number of aliphatic hydroxyl groups excluding tert-OH is 1. The van der Waals surface area contributed by atoms with Crippen molar-refractivity contribution in [2.75, 3.05) is 38.7 Å². The fraction of sp³-hybridized carbons (Fsp3) is 0.545. The van der Waals surface area contributed by atoms with Crippen LogP contribution in [0.4, 0.5) is 5.82 Å². The van der Waals surface area contributed by atoms with E-state index in [-0.39, 0.29) is 29.7 Å². The van der Waals surface area contributed by atoms with Crippen molar-refractivity contribution < 1.29 is 18.3 Å². The molecule has 0 spiro atoms. The summed E-state index contributed by atoms with van der Waals surface area (Å²) in [5, 5.41) is 12.3. The van der Waals surface area contributed by atoms with E-state index in [1.807, 2.05) is 0 Å². The summed E-state index contributed by atoms with van der Waals surface area (Å²) in [7, 11) is -2.11. The Morgan fingerprint density at radius 3 is 3.00 bits per heavy atom. The van der Waals surface area contributed by atoms with Crippen LogP contribution >= 0.6 is 11.6 Å². The molecule has 7 nitrogen and oxygen atoms in total. The van der Waals surface area contributed by atoms with Crippen molar-refractivity contribution >= 4 is 27.4 Å². The Morgan fingerprint density at radius 1 is 1.65 bits per heavy atom. The molecular formula is C11H16ClN3O4S. The summed E-state index contributed by atoms with van der Waals surface area (Å²) in [5.74, 6) is 0.409. The topological polar surface area (TPSA) is 91.8 Å². The third kappa shape index (κ3) is 2.89. The average Bonchev–Trinajstić information content (AvgIpc) is 2.47. The van der Waals surface area contributed by atoms with Crippen LogP contribution in [-0.2, 0) is 14.8 Å². The van der Waals surface area contributed by atoms with Crippen LogP contribution in [0.1, 0.15) is 0 Å². The van der Waals surface area contributed by atoms with Crippen LogP contribution in [0.15, 0.2) is 17.2 Å². The van der Waals surface area contributed by atoms with Gasteiger partial charge in [0.2, 0.25) is 10.0 Å². The summed E-state index contributed by atoms with van der Waals surface area (Å²) in [5.41, 5.74) is 0. The van der Waals surface area contributed by atoms with Gasteiger partial charge in [-0.15, -0.1) is 0 Å². The molecule has 1 unspecified atom stereocenters. The zero-order chi connectivity index (χ0) is 14.8. The van der Waals surface area contributed by atoms with Gasteiger partial charge in [0.25, 0.3) is 0 Å². The maximum absolute atomic E-state index is 12.5. The van der Waals surface area contributed by atoms with Crippen LogP contribution in [0.2, 0.25) is 5.02 Å². The fourth-order valence-corrected chi connectivity index (χ4v) is 3.86. The number of pyridine rings is 1. The van der Waals surface area contributed by atoms with Gasteiger partial charge in [-0.3, -0.25) is 0 Å². The van der Waals surface area contributed by atoms with E-state index in [4.69, 9.17) is 16.3 Å². The SMILES string of the molecule is CNc1ncc(S(=O)(=O)N2CCOCC2CO)cc1Cl. The molecule has 0 bridgehead atoms. The Bertz CT molecular complexity index is 581. The smallest absolute Gasteiger partial charge is 0.245 e. The molecule has 0 saturated carbocycles. The Labute approximate surface area is 122 Å². The van der Waals surface area contributed by atoms with Crippen molar-refractivity contribution in [3.63, 3.8) is 0 Å². The third-order valence-corrected chi connectivity index (χ3v) is 5.25. The van der Waals surface area contributed by atoms with E-state index in [9.17, 15) is 13.5 Å².